The van der Waals surface area contributed by atoms with Gasteiger partial charge in [-0.3, -0.25) is 28.1 Å². The molecule has 3 aliphatic heterocycles. The smallest absolute Gasteiger partial charge is 0.261 e. The monoisotopic (exact) mass is 1050 g/mol. The predicted molar refractivity (Wildman–Crippen MR) is 310 cm³/mol. The van der Waals surface area contributed by atoms with Crippen LogP contribution in [0.5, 0.6) is 0 Å². The summed E-state index contributed by atoms with van der Waals surface area (Å²) in [5.74, 6) is 20.9. The minimum atomic E-state index is -0.842. The Kier molecular flexibility index (Phi) is 18.3. The standard InChI is InChI=1S/2C21H19N3O2.C19H12N4O.3CH4/c1-21(2,26)15-12-19-23-18-11-14(6-8-16-5-3-4-10-22-16)7-9-17(18)20(25)24(19)13-15;1-26-11-9-16-13-20-23-19-12-15(5-7-17-4-2-3-10-22-17)6-8-18(19)21(25)24(20)14-16;1-20-15-11-18-22-17-10-13(5-7-14-4-2-3-9-21-14)6-8-16(17)19(24)23(18)12-15;;;/h3-5,7,9-11,15,26H,12-13H2,1-2H3;2-4,6,8,10,12,16H,9,11,13-14H2,1H3;2-4,6,8-10,15H,11-12H2;3*1H4. The van der Waals surface area contributed by atoms with Crippen molar-refractivity contribution < 1.29 is 9.84 Å². The van der Waals surface area contributed by atoms with Crippen LogP contribution in [0.4, 0.5) is 0 Å². The summed E-state index contributed by atoms with van der Waals surface area (Å²) in [7, 11) is 1.70. The molecule has 0 spiro atoms. The summed E-state index contributed by atoms with van der Waals surface area (Å²) in [5.41, 5.74) is 5.55. The van der Waals surface area contributed by atoms with Crippen molar-refractivity contribution in [3.8, 4) is 35.5 Å². The Bertz CT molecular complexity index is 4110. The SMILES string of the molecule is C.C.C.CC(C)(O)C1Cc2nc3cc(C#Cc4ccccn4)ccc3c(=O)n2C1.COCCC1Cc2nc3cc(C#Cc4ccccn4)ccc3c(=O)n2C1.[C-]#[N+]C1Cc2nc3cc(C#Cc4ccccn4)ccc3c(=O)n2C1. The van der Waals surface area contributed by atoms with Gasteiger partial charge in [-0.15, -0.1) is 0 Å². The normalized spacial score (nSPS) is 15.1. The molecule has 3 aromatic carbocycles. The molecule has 15 nitrogen and oxygen atoms in total. The molecule has 3 aliphatic rings. The van der Waals surface area contributed by atoms with E-state index in [9.17, 15) is 19.5 Å². The van der Waals surface area contributed by atoms with Crippen LogP contribution in [0.25, 0.3) is 37.6 Å². The summed E-state index contributed by atoms with van der Waals surface area (Å²) in [4.78, 5) is 68.1. The number of aliphatic hydroxyl groups is 1. The number of fused-ring (bicyclic) bond motifs is 6. The van der Waals surface area contributed by atoms with E-state index in [0.29, 0.717) is 88.4 Å². The highest BCUT2D eigenvalue weighted by Crippen LogP contribution is 2.29. The molecule has 0 saturated heterocycles. The van der Waals surface area contributed by atoms with Crippen molar-refractivity contribution in [1.82, 2.24) is 43.6 Å². The average Bonchev–Trinajstić information content (AvgIpc) is 4.26. The zero-order chi connectivity index (χ0) is 52.8. The van der Waals surface area contributed by atoms with Gasteiger partial charge in [-0.05, 0) is 135 Å². The lowest BCUT2D eigenvalue weighted by Crippen LogP contribution is -2.32. The lowest BCUT2D eigenvalue weighted by molar-refractivity contribution is 0.0173. The number of methoxy groups -OCH3 is 1. The van der Waals surface area contributed by atoms with Crippen LogP contribution in [0.1, 0.15) is 93.8 Å². The molecular formula is C64H62N10O5. The molecular weight excluding hydrogens is 989 g/mol. The van der Waals surface area contributed by atoms with Crippen molar-refractivity contribution in [2.24, 2.45) is 11.8 Å². The second kappa shape index (κ2) is 25.2. The first-order valence-electron chi connectivity index (χ1n) is 24.9. The highest BCUT2D eigenvalue weighted by Gasteiger charge is 2.35. The molecule has 0 aliphatic carbocycles. The van der Waals surface area contributed by atoms with Gasteiger partial charge in [0.25, 0.3) is 16.7 Å². The van der Waals surface area contributed by atoms with E-state index in [1.807, 2.05) is 102 Å². The number of pyridine rings is 3. The number of rotatable bonds is 4. The fourth-order valence-corrected chi connectivity index (χ4v) is 9.40. The number of nitrogens with zero attached hydrogens (tertiary/aromatic N) is 10. The van der Waals surface area contributed by atoms with Gasteiger partial charge in [0.2, 0.25) is 6.04 Å². The van der Waals surface area contributed by atoms with Crippen LogP contribution in [0, 0.1) is 53.9 Å². The van der Waals surface area contributed by atoms with Gasteiger partial charge in [0.05, 0.1) is 44.7 Å². The minimum Gasteiger partial charge on any atom is -0.390 e. The van der Waals surface area contributed by atoms with Crippen LogP contribution in [0.3, 0.4) is 0 Å². The molecule has 3 unspecified atom stereocenters. The quantitative estimate of drug-likeness (QED) is 0.132. The second-order valence-corrected chi connectivity index (χ2v) is 19.3. The number of ether oxygens (including phenoxy) is 1. The molecule has 1 N–H and O–H groups in total. The van der Waals surface area contributed by atoms with Gasteiger partial charge in [0.15, 0.2) is 0 Å². The zero-order valence-corrected chi connectivity index (χ0v) is 42.1. The fraction of sp³-hybridized carbons (Fsp3) is 0.281. The van der Waals surface area contributed by atoms with E-state index in [-0.39, 0.29) is 50.9 Å². The van der Waals surface area contributed by atoms with Crippen molar-refractivity contribution in [2.45, 2.75) is 93.1 Å². The molecule has 0 radical (unpaired) electrons. The van der Waals surface area contributed by atoms with E-state index in [2.05, 4.69) is 65.3 Å². The van der Waals surface area contributed by atoms with Crippen LogP contribution in [0.15, 0.2) is 142 Å². The maximum absolute atomic E-state index is 12.8. The summed E-state index contributed by atoms with van der Waals surface area (Å²) < 4.78 is 10.3. The van der Waals surface area contributed by atoms with Crippen LogP contribution >= 0.6 is 0 Å². The van der Waals surface area contributed by atoms with Gasteiger partial charge in [0, 0.05) is 80.8 Å². The van der Waals surface area contributed by atoms with Crippen molar-refractivity contribution in [2.75, 3.05) is 13.7 Å². The van der Waals surface area contributed by atoms with Gasteiger partial charge >= 0.3 is 0 Å². The Hall–Kier alpha value is -9.38. The number of benzene rings is 3. The molecule has 0 fully saturated rings. The van der Waals surface area contributed by atoms with Gasteiger partial charge in [0.1, 0.15) is 41.1 Å². The Morgan fingerprint density at radius 2 is 0.975 bits per heavy atom. The third-order valence-electron chi connectivity index (χ3n) is 13.6. The summed E-state index contributed by atoms with van der Waals surface area (Å²) in [5, 5.41) is 12.1. The van der Waals surface area contributed by atoms with E-state index in [1.54, 1.807) is 60.8 Å². The lowest BCUT2D eigenvalue weighted by Gasteiger charge is -2.23. The van der Waals surface area contributed by atoms with Gasteiger partial charge in [-0.25, -0.2) is 36.5 Å². The average molecular weight is 1050 g/mol. The van der Waals surface area contributed by atoms with E-state index in [4.69, 9.17) is 16.3 Å². The van der Waals surface area contributed by atoms with Crippen LogP contribution in [0.2, 0.25) is 0 Å². The van der Waals surface area contributed by atoms with E-state index < -0.39 is 5.60 Å². The maximum Gasteiger partial charge on any atom is 0.261 e. The second-order valence-electron chi connectivity index (χ2n) is 19.3. The Balaban J connectivity index is 0.000000168. The summed E-state index contributed by atoms with van der Waals surface area (Å²) in [6.45, 7) is 13.1. The van der Waals surface area contributed by atoms with Gasteiger partial charge in [-0.1, -0.05) is 58.2 Å². The van der Waals surface area contributed by atoms with E-state index in [1.165, 1.54) is 0 Å². The number of hydrogen-bond donors (Lipinski definition) is 1. The molecule has 79 heavy (non-hydrogen) atoms. The van der Waals surface area contributed by atoms with Crippen molar-refractivity contribution in [3.05, 3.63) is 222 Å². The molecule has 9 aromatic rings. The molecule has 15 heteroatoms. The first-order chi connectivity index (χ1) is 36.9. The van der Waals surface area contributed by atoms with E-state index in [0.717, 1.165) is 53.4 Å². The highest BCUT2D eigenvalue weighted by molar-refractivity contribution is 5.81. The molecule has 12 rings (SSSR count). The lowest BCUT2D eigenvalue weighted by atomic mass is 9.90. The summed E-state index contributed by atoms with van der Waals surface area (Å²) in [6, 6.07) is 33.0. The first-order valence-corrected chi connectivity index (χ1v) is 24.9. The molecule has 6 aromatic heterocycles. The zero-order valence-electron chi connectivity index (χ0n) is 42.1. The Morgan fingerprint density at radius 1 is 0.570 bits per heavy atom. The largest absolute Gasteiger partial charge is 0.390 e. The van der Waals surface area contributed by atoms with E-state index >= 15 is 0 Å². The molecule has 9 heterocycles. The van der Waals surface area contributed by atoms with Crippen LogP contribution < -0.4 is 16.7 Å². The third kappa shape index (κ3) is 13.1. The fourth-order valence-electron chi connectivity index (χ4n) is 9.40. The van der Waals surface area contributed by atoms with Crippen molar-refractivity contribution in [1.29, 1.82) is 0 Å². The maximum atomic E-state index is 12.8. The number of hydrogen-bond acceptors (Lipinski definition) is 11. The third-order valence-corrected chi connectivity index (χ3v) is 13.6. The van der Waals surface area contributed by atoms with Crippen molar-refractivity contribution >= 4 is 32.7 Å². The highest BCUT2D eigenvalue weighted by atomic mass is 16.5. The van der Waals surface area contributed by atoms with Crippen molar-refractivity contribution in [3.63, 3.8) is 0 Å². The summed E-state index contributed by atoms with van der Waals surface area (Å²) >= 11 is 0. The molecule has 398 valence electrons. The first kappa shape index (κ1) is 57.3. The molecule has 0 saturated carbocycles. The molecule has 3 atom stereocenters. The van der Waals surface area contributed by atoms with Crippen LogP contribution in [-0.4, -0.2) is 74.1 Å². The minimum absolute atomic E-state index is 0. The Labute approximate surface area is 459 Å². The van der Waals surface area contributed by atoms with Gasteiger partial charge < -0.3 is 14.7 Å². The van der Waals surface area contributed by atoms with Gasteiger partial charge in [-0.2, -0.15) is 0 Å². The number of aromatic nitrogens is 9. The molecule has 0 amide bonds. The topological polar surface area (TPSA) is 177 Å². The molecule has 0 bridgehead atoms. The Morgan fingerprint density at radius 3 is 1.37 bits per heavy atom. The summed E-state index contributed by atoms with van der Waals surface area (Å²) in [6.07, 6.45) is 8.00. The van der Waals surface area contributed by atoms with Crippen LogP contribution in [-0.2, 0) is 43.6 Å². The predicted octanol–water partition coefficient (Wildman–Crippen LogP) is 8.48.